The Bertz CT molecular complexity index is 782. The van der Waals surface area contributed by atoms with Gasteiger partial charge in [0.05, 0.1) is 16.6 Å². The summed E-state index contributed by atoms with van der Waals surface area (Å²) in [5, 5.41) is 10.4. The smallest absolute Gasteiger partial charge is 0.144 e. The molecule has 3 rings (SSSR count). The number of fused-ring (bicyclic) bond motifs is 1. The van der Waals surface area contributed by atoms with E-state index in [1.807, 2.05) is 0 Å². The molecule has 96 valence electrons. The average molecular weight is 277 g/mol. The molecule has 0 aliphatic heterocycles. The molecular formula is C14H10ClFN2O. The molecule has 3 nitrogen and oxygen atoms in total. The first-order chi connectivity index (χ1) is 9.06. The summed E-state index contributed by atoms with van der Waals surface area (Å²) in [6.07, 6.45) is 0. The van der Waals surface area contributed by atoms with Crippen LogP contribution in [0.5, 0.6) is 5.75 Å². The highest BCUT2D eigenvalue weighted by molar-refractivity contribution is 6.31. The van der Waals surface area contributed by atoms with Gasteiger partial charge in [0.15, 0.2) is 0 Å². The largest absolute Gasteiger partial charge is 0.507 e. The number of aromatic nitrogens is 2. The van der Waals surface area contributed by atoms with E-state index < -0.39 is 5.82 Å². The molecule has 0 amide bonds. The van der Waals surface area contributed by atoms with E-state index in [-0.39, 0.29) is 5.75 Å². The third kappa shape index (κ3) is 1.94. The Labute approximate surface area is 113 Å². The Morgan fingerprint density at radius 2 is 2.00 bits per heavy atom. The molecule has 0 unspecified atom stereocenters. The van der Waals surface area contributed by atoms with Crippen LogP contribution < -0.4 is 0 Å². The first-order valence-corrected chi connectivity index (χ1v) is 6.05. The standard InChI is InChI=1S/C14H10ClFN2O/c1-18-12-6-8(15)2-4-11(12)17-14(18)10-7-9(16)3-5-13(10)19/h2-7,19H,1H3. The van der Waals surface area contributed by atoms with Gasteiger partial charge in [-0.25, -0.2) is 9.37 Å². The van der Waals surface area contributed by atoms with Crippen molar-refractivity contribution in [1.82, 2.24) is 9.55 Å². The van der Waals surface area contributed by atoms with Crippen molar-refractivity contribution in [3.8, 4) is 17.1 Å². The number of phenolic OH excluding ortho intramolecular Hbond substituents is 1. The summed E-state index contributed by atoms with van der Waals surface area (Å²) in [5.74, 6) is 0.0676. The van der Waals surface area contributed by atoms with Crippen LogP contribution in [-0.4, -0.2) is 14.7 Å². The number of hydrogen-bond acceptors (Lipinski definition) is 2. The van der Waals surface area contributed by atoms with Crippen molar-refractivity contribution in [3.05, 3.63) is 47.2 Å². The van der Waals surface area contributed by atoms with Gasteiger partial charge in [0, 0.05) is 12.1 Å². The summed E-state index contributed by atoms with van der Waals surface area (Å²) >= 11 is 5.95. The van der Waals surface area contributed by atoms with Crippen molar-refractivity contribution < 1.29 is 9.50 Å². The Morgan fingerprint density at radius 1 is 1.21 bits per heavy atom. The van der Waals surface area contributed by atoms with Crippen molar-refractivity contribution in [2.24, 2.45) is 7.05 Å². The fourth-order valence-electron chi connectivity index (χ4n) is 2.09. The van der Waals surface area contributed by atoms with Crippen LogP contribution in [0.25, 0.3) is 22.4 Å². The first kappa shape index (κ1) is 12.0. The lowest BCUT2D eigenvalue weighted by molar-refractivity contribution is 0.474. The van der Waals surface area contributed by atoms with Gasteiger partial charge >= 0.3 is 0 Å². The maximum absolute atomic E-state index is 13.3. The van der Waals surface area contributed by atoms with E-state index >= 15 is 0 Å². The highest BCUT2D eigenvalue weighted by Gasteiger charge is 2.14. The van der Waals surface area contributed by atoms with Crippen molar-refractivity contribution >= 4 is 22.6 Å². The number of benzene rings is 2. The van der Waals surface area contributed by atoms with Crippen LogP contribution in [0, 0.1) is 5.82 Å². The van der Waals surface area contributed by atoms with Gasteiger partial charge in [0.2, 0.25) is 0 Å². The monoisotopic (exact) mass is 276 g/mol. The molecule has 1 aromatic heterocycles. The molecule has 0 fully saturated rings. The van der Waals surface area contributed by atoms with Crippen LogP contribution in [0.1, 0.15) is 0 Å². The van der Waals surface area contributed by atoms with Gasteiger partial charge in [-0.15, -0.1) is 0 Å². The number of imidazole rings is 1. The van der Waals surface area contributed by atoms with E-state index in [1.54, 1.807) is 29.8 Å². The number of aromatic hydroxyl groups is 1. The molecule has 0 atom stereocenters. The van der Waals surface area contributed by atoms with Crippen molar-refractivity contribution in [2.75, 3.05) is 0 Å². The zero-order valence-corrected chi connectivity index (χ0v) is 10.8. The van der Waals surface area contributed by atoms with E-state index in [0.717, 1.165) is 11.0 Å². The minimum Gasteiger partial charge on any atom is -0.507 e. The summed E-state index contributed by atoms with van der Waals surface area (Å²) < 4.78 is 15.1. The molecular weight excluding hydrogens is 267 g/mol. The Hall–Kier alpha value is -2.07. The Morgan fingerprint density at radius 3 is 2.79 bits per heavy atom. The number of phenols is 1. The Balaban J connectivity index is 2.31. The molecule has 2 aromatic carbocycles. The maximum atomic E-state index is 13.3. The normalized spacial score (nSPS) is 11.1. The molecule has 0 saturated heterocycles. The molecule has 3 aromatic rings. The highest BCUT2D eigenvalue weighted by atomic mass is 35.5. The second-order valence-corrected chi connectivity index (χ2v) is 4.73. The fraction of sp³-hybridized carbons (Fsp3) is 0.0714. The zero-order valence-electron chi connectivity index (χ0n) is 10.1. The van der Waals surface area contributed by atoms with E-state index in [4.69, 9.17) is 11.6 Å². The number of rotatable bonds is 1. The van der Waals surface area contributed by atoms with Crippen molar-refractivity contribution in [2.45, 2.75) is 0 Å². The predicted octanol–water partition coefficient (Wildman–Crippen LogP) is 3.74. The van der Waals surface area contributed by atoms with Gasteiger partial charge in [0.1, 0.15) is 17.4 Å². The van der Waals surface area contributed by atoms with Crippen LogP contribution in [-0.2, 0) is 7.05 Å². The third-order valence-corrected chi connectivity index (χ3v) is 3.28. The number of nitrogens with zero attached hydrogens (tertiary/aromatic N) is 2. The summed E-state index contributed by atoms with van der Waals surface area (Å²) in [6, 6.07) is 9.10. The molecule has 0 aliphatic rings. The topological polar surface area (TPSA) is 38.0 Å². The van der Waals surface area contributed by atoms with Gasteiger partial charge in [-0.05, 0) is 36.4 Å². The van der Waals surface area contributed by atoms with E-state index in [0.29, 0.717) is 16.4 Å². The molecule has 19 heavy (non-hydrogen) atoms. The molecule has 0 saturated carbocycles. The van der Waals surface area contributed by atoms with E-state index in [1.165, 1.54) is 18.2 Å². The average Bonchev–Trinajstić information content (AvgIpc) is 2.70. The van der Waals surface area contributed by atoms with Crippen LogP contribution in [0.15, 0.2) is 36.4 Å². The lowest BCUT2D eigenvalue weighted by atomic mass is 10.2. The van der Waals surface area contributed by atoms with Crippen LogP contribution >= 0.6 is 11.6 Å². The van der Waals surface area contributed by atoms with Crippen LogP contribution in [0.3, 0.4) is 0 Å². The molecule has 1 N–H and O–H groups in total. The number of halogens is 2. The minimum atomic E-state index is -0.419. The molecule has 0 aliphatic carbocycles. The summed E-state index contributed by atoms with van der Waals surface area (Å²) in [5.41, 5.74) is 1.92. The molecule has 5 heteroatoms. The Kier molecular flexibility index (Phi) is 2.68. The number of hydrogen-bond donors (Lipinski definition) is 1. The van der Waals surface area contributed by atoms with Crippen LogP contribution in [0.4, 0.5) is 4.39 Å². The van der Waals surface area contributed by atoms with Crippen LogP contribution in [0.2, 0.25) is 5.02 Å². The molecule has 0 bridgehead atoms. The van der Waals surface area contributed by atoms with E-state index in [9.17, 15) is 9.50 Å². The summed E-state index contributed by atoms with van der Waals surface area (Å²) in [4.78, 5) is 4.40. The van der Waals surface area contributed by atoms with E-state index in [2.05, 4.69) is 4.98 Å². The molecule has 0 spiro atoms. The van der Waals surface area contributed by atoms with Crippen molar-refractivity contribution in [3.63, 3.8) is 0 Å². The van der Waals surface area contributed by atoms with Gasteiger partial charge in [-0.2, -0.15) is 0 Å². The third-order valence-electron chi connectivity index (χ3n) is 3.04. The van der Waals surface area contributed by atoms with Crippen molar-refractivity contribution in [1.29, 1.82) is 0 Å². The lowest BCUT2D eigenvalue weighted by Crippen LogP contribution is -1.93. The predicted molar refractivity (Wildman–Crippen MR) is 72.8 cm³/mol. The summed E-state index contributed by atoms with van der Waals surface area (Å²) in [7, 11) is 1.80. The number of aryl methyl sites for hydroxylation is 1. The fourth-order valence-corrected chi connectivity index (χ4v) is 2.26. The summed E-state index contributed by atoms with van der Waals surface area (Å²) in [6.45, 7) is 0. The molecule has 0 radical (unpaired) electrons. The maximum Gasteiger partial charge on any atom is 0.144 e. The molecule has 1 heterocycles. The minimum absolute atomic E-state index is 0.00842. The second-order valence-electron chi connectivity index (χ2n) is 4.29. The quantitative estimate of drug-likeness (QED) is 0.735. The zero-order chi connectivity index (χ0) is 13.6. The van der Waals surface area contributed by atoms with Gasteiger partial charge in [-0.3, -0.25) is 0 Å². The lowest BCUT2D eigenvalue weighted by Gasteiger charge is -2.05. The van der Waals surface area contributed by atoms with Gasteiger partial charge in [-0.1, -0.05) is 11.6 Å². The van der Waals surface area contributed by atoms with Gasteiger partial charge in [0.25, 0.3) is 0 Å². The first-order valence-electron chi connectivity index (χ1n) is 5.67. The SMILES string of the molecule is Cn1c(-c2cc(F)ccc2O)nc2ccc(Cl)cc21. The highest BCUT2D eigenvalue weighted by Crippen LogP contribution is 2.31. The second kappa shape index (κ2) is 4.24. The van der Waals surface area contributed by atoms with Gasteiger partial charge < -0.3 is 9.67 Å².